The maximum absolute atomic E-state index is 12.6. The van der Waals surface area contributed by atoms with Gasteiger partial charge in [-0.1, -0.05) is 0 Å². The first-order chi connectivity index (χ1) is 10.00. The number of aliphatic carboxylic acids is 1. The molecule has 0 aliphatic heterocycles. The van der Waals surface area contributed by atoms with Crippen LogP contribution in [0.5, 0.6) is 11.5 Å². The molecule has 0 saturated carbocycles. The molecule has 0 radical (unpaired) electrons. The molecule has 1 atom stereocenters. The van der Waals surface area contributed by atoms with Crippen LogP contribution in [-0.2, 0) is 11.2 Å². The fourth-order valence-electron chi connectivity index (χ4n) is 2.79. The summed E-state index contributed by atoms with van der Waals surface area (Å²) in [6.07, 6.45) is 0.861. The number of hydrogen-bond acceptors (Lipinski definition) is 4. The third-order valence-electron chi connectivity index (χ3n) is 3.93. The fraction of sp³-hybridized carbons (Fsp3) is 0.467. The Bertz CT molecular complexity index is 584. The number of carboxylic acids is 1. The van der Waals surface area contributed by atoms with E-state index in [4.69, 9.17) is 21.1 Å². The molecule has 1 aromatic carbocycles. The van der Waals surface area contributed by atoms with Crippen LogP contribution in [0.3, 0.4) is 0 Å². The first kappa shape index (κ1) is 15.6. The molecule has 1 N–H and O–H groups in total. The van der Waals surface area contributed by atoms with Crippen LogP contribution in [0.2, 0.25) is 0 Å². The van der Waals surface area contributed by atoms with Crippen molar-refractivity contribution in [3.8, 4) is 11.5 Å². The lowest BCUT2D eigenvalue weighted by molar-refractivity contribution is -0.146. The number of rotatable bonds is 6. The summed E-state index contributed by atoms with van der Waals surface area (Å²) >= 11 is 5.66. The Balaban J connectivity index is 2.49. The summed E-state index contributed by atoms with van der Waals surface area (Å²) in [7, 11) is 2.97. The molecule has 0 bridgehead atoms. The van der Waals surface area contributed by atoms with Crippen LogP contribution >= 0.6 is 11.6 Å². The normalized spacial score (nSPS) is 20.2. The Labute approximate surface area is 127 Å². The number of fused-ring (bicyclic) bond motifs is 1. The van der Waals surface area contributed by atoms with Gasteiger partial charge in [0.05, 0.1) is 14.2 Å². The van der Waals surface area contributed by atoms with Crippen LogP contribution in [0.25, 0.3) is 0 Å². The van der Waals surface area contributed by atoms with E-state index in [1.165, 1.54) is 14.2 Å². The van der Waals surface area contributed by atoms with E-state index in [0.717, 1.165) is 0 Å². The van der Waals surface area contributed by atoms with E-state index in [9.17, 15) is 14.7 Å². The summed E-state index contributed by atoms with van der Waals surface area (Å²) in [6.45, 7) is 0. The molecule has 0 amide bonds. The number of carbonyl (C=O) groups is 2. The highest BCUT2D eigenvalue weighted by Gasteiger charge is 2.51. The topological polar surface area (TPSA) is 72.8 Å². The van der Waals surface area contributed by atoms with Crippen molar-refractivity contribution in [1.29, 1.82) is 0 Å². The maximum atomic E-state index is 12.6. The summed E-state index contributed by atoms with van der Waals surface area (Å²) in [5.41, 5.74) is -0.353. The number of carbonyl (C=O) groups excluding carboxylic acids is 1. The molecule has 0 spiro atoms. The van der Waals surface area contributed by atoms with Gasteiger partial charge in [-0.25, -0.2) is 0 Å². The van der Waals surface area contributed by atoms with Crippen LogP contribution in [0.1, 0.15) is 28.8 Å². The van der Waals surface area contributed by atoms with E-state index >= 15 is 0 Å². The van der Waals surface area contributed by atoms with Gasteiger partial charge in [0.25, 0.3) is 0 Å². The molecule has 114 valence electrons. The molecule has 5 nitrogen and oxygen atoms in total. The quantitative estimate of drug-likeness (QED) is 0.645. The smallest absolute Gasteiger partial charge is 0.317 e. The third-order valence-corrected chi connectivity index (χ3v) is 4.19. The van der Waals surface area contributed by atoms with Crippen molar-refractivity contribution < 1.29 is 24.2 Å². The minimum Gasteiger partial charge on any atom is -0.493 e. The first-order valence-electron chi connectivity index (χ1n) is 6.59. The summed E-state index contributed by atoms with van der Waals surface area (Å²) in [4.78, 5) is 24.3. The molecule has 1 unspecified atom stereocenters. The number of benzene rings is 1. The van der Waals surface area contributed by atoms with Crippen molar-refractivity contribution in [2.75, 3.05) is 20.1 Å². The predicted molar refractivity (Wildman–Crippen MR) is 77.6 cm³/mol. The standard InChI is InChI=1S/C15H17ClO5/c1-20-11-6-9-8-15(14(18)19,4-3-5-16)13(17)10(9)7-12(11)21-2/h6-7H,3-5,8H2,1-2H3,(H,18,19). The summed E-state index contributed by atoms with van der Waals surface area (Å²) in [5, 5.41) is 9.56. The Morgan fingerprint density at radius 3 is 2.48 bits per heavy atom. The van der Waals surface area contributed by atoms with E-state index < -0.39 is 11.4 Å². The highest BCUT2D eigenvalue weighted by molar-refractivity contribution is 6.18. The zero-order valence-electron chi connectivity index (χ0n) is 11.9. The molecule has 21 heavy (non-hydrogen) atoms. The monoisotopic (exact) mass is 312 g/mol. The lowest BCUT2D eigenvalue weighted by Gasteiger charge is -2.21. The average molecular weight is 313 g/mol. The zero-order valence-corrected chi connectivity index (χ0v) is 12.7. The molecule has 1 aliphatic carbocycles. The zero-order chi connectivity index (χ0) is 15.6. The Morgan fingerprint density at radius 2 is 1.95 bits per heavy atom. The van der Waals surface area contributed by atoms with E-state index in [-0.39, 0.29) is 18.6 Å². The number of Topliss-reactive ketones (excluding diaryl/α,β-unsaturated/α-hetero) is 1. The number of hydrogen-bond donors (Lipinski definition) is 1. The van der Waals surface area contributed by atoms with Crippen LogP contribution in [-0.4, -0.2) is 37.0 Å². The summed E-state index contributed by atoms with van der Waals surface area (Å²) in [6, 6.07) is 3.24. The van der Waals surface area contributed by atoms with Gasteiger partial charge in [-0.15, -0.1) is 11.6 Å². The van der Waals surface area contributed by atoms with Crippen molar-refractivity contribution in [1.82, 2.24) is 0 Å². The van der Waals surface area contributed by atoms with Crippen molar-refractivity contribution in [3.05, 3.63) is 23.3 Å². The molecule has 0 heterocycles. The number of ether oxygens (including phenoxy) is 2. The number of halogens is 1. The van der Waals surface area contributed by atoms with E-state index in [1.807, 2.05) is 0 Å². The van der Waals surface area contributed by atoms with E-state index in [0.29, 0.717) is 34.9 Å². The molecular weight excluding hydrogens is 296 g/mol. The summed E-state index contributed by atoms with van der Waals surface area (Å²) < 4.78 is 10.4. The van der Waals surface area contributed by atoms with Gasteiger partial charge < -0.3 is 14.6 Å². The molecule has 1 aliphatic rings. The Kier molecular flexibility index (Phi) is 4.42. The van der Waals surface area contributed by atoms with Gasteiger partial charge in [0.15, 0.2) is 17.3 Å². The molecule has 0 saturated heterocycles. The minimum absolute atomic E-state index is 0.160. The van der Waals surface area contributed by atoms with Crippen LogP contribution in [0.15, 0.2) is 12.1 Å². The number of methoxy groups -OCH3 is 2. The fourth-order valence-corrected chi connectivity index (χ4v) is 2.93. The molecule has 6 heteroatoms. The Hall–Kier alpha value is -1.75. The molecule has 2 rings (SSSR count). The maximum Gasteiger partial charge on any atom is 0.317 e. The molecule has 1 aromatic rings. The first-order valence-corrected chi connectivity index (χ1v) is 7.12. The number of carboxylic acid groups (broad SMARTS) is 1. The van der Waals surface area contributed by atoms with Gasteiger partial charge in [0.1, 0.15) is 5.41 Å². The molecule has 0 fully saturated rings. The third kappa shape index (κ3) is 2.46. The average Bonchev–Trinajstić information content (AvgIpc) is 2.77. The van der Waals surface area contributed by atoms with Crippen LogP contribution < -0.4 is 9.47 Å². The van der Waals surface area contributed by atoms with Gasteiger partial charge >= 0.3 is 5.97 Å². The molecule has 0 aromatic heterocycles. The summed E-state index contributed by atoms with van der Waals surface area (Å²) in [5.74, 6) is -0.251. The lowest BCUT2D eigenvalue weighted by atomic mass is 9.79. The van der Waals surface area contributed by atoms with Crippen molar-refractivity contribution in [2.45, 2.75) is 19.3 Å². The van der Waals surface area contributed by atoms with Crippen LogP contribution in [0, 0.1) is 5.41 Å². The lowest BCUT2D eigenvalue weighted by Crippen LogP contribution is -2.37. The van der Waals surface area contributed by atoms with E-state index in [2.05, 4.69) is 0 Å². The second-order valence-corrected chi connectivity index (χ2v) is 5.43. The van der Waals surface area contributed by atoms with E-state index in [1.54, 1.807) is 12.1 Å². The Morgan fingerprint density at radius 1 is 1.33 bits per heavy atom. The van der Waals surface area contributed by atoms with Crippen molar-refractivity contribution >= 4 is 23.4 Å². The highest BCUT2D eigenvalue weighted by Crippen LogP contribution is 2.44. The second kappa shape index (κ2) is 5.93. The highest BCUT2D eigenvalue weighted by atomic mass is 35.5. The van der Waals surface area contributed by atoms with Gasteiger partial charge in [-0.2, -0.15) is 0 Å². The second-order valence-electron chi connectivity index (χ2n) is 5.05. The largest absolute Gasteiger partial charge is 0.493 e. The number of ketones is 1. The van der Waals surface area contributed by atoms with Crippen LogP contribution in [0.4, 0.5) is 0 Å². The predicted octanol–water partition coefficient (Wildman–Crippen LogP) is 2.53. The van der Waals surface area contributed by atoms with Gasteiger partial charge in [-0.05, 0) is 37.0 Å². The van der Waals surface area contributed by atoms with Crippen molar-refractivity contribution in [2.24, 2.45) is 5.41 Å². The SMILES string of the molecule is COc1cc2c(cc1OC)C(=O)C(CCCCl)(C(=O)O)C2. The molecular formula is C15H17ClO5. The van der Waals surface area contributed by atoms with Gasteiger partial charge in [-0.3, -0.25) is 9.59 Å². The van der Waals surface area contributed by atoms with Gasteiger partial charge in [0.2, 0.25) is 0 Å². The van der Waals surface area contributed by atoms with Gasteiger partial charge in [0, 0.05) is 11.4 Å². The number of alkyl halides is 1. The van der Waals surface area contributed by atoms with Crippen molar-refractivity contribution in [3.63, 3.8) is 0 Å². The minimum atomic E-state index is -1.42.